The van der Waals surface area contributed by atoms with Gasteiger partial charge in [0, 0.05) is 12.8 Å². The largest absolute Gasteiger partial charge is 0.299 e. The van der Waals surface area contributed by atoms with E-state index in [-0.39, 0.29) is 18.6 Å². The summed E-state index contributed by atoms with van der Waals surface area (Å²) in [5.41, 5.74) is 0. The molecule has 1 aliphatic carbocycles. The van der Waals surface area contributed by atoms with Gasteiger partial charge in [-0.2, -0.15) is 0 Å². The Hall–Kier alpha value is -0.470. The third kappa shape index (κ3) is 1.09. The van der Waals surface area contributed by atoms with Crippen LogP contribution in [0.25, 0.3) is 0 Å². The highest BCUT2D eigenvalue weighted by molar-refractivity contribution is 5.84. The van der Waals surface area contributed by atoms with Crippen LogP contribution in [0.5, 0.6) is 0 Å². The molecule has 1 saturated carbocycles. The van der Waals surface area contributed by atoms with E-state index in [1.165, 1.54) is 0 Å². The molecule has 0 amide bonds. The molecule has 1 aliphatic rings. The predicted octanol–water partition coefficient (Wildman–Crippen LogP) is 1.62. The van der Waals surface area contributed by atoms with Crippen molar-refractivity contribution in [2.75, 3.05) is 0 Å². The van der Waals surface area contributed by atoms with Gasteiger partial charge in [0.15, 0.2) is 0 Å². The molecule has 1 atom stereocenters. The summed E-state index contributed by atoms with van der Waals surface area (Å²) in [7, 11) is 0. The van der Waals surface area contributed by atoms with Gasteiger partial charge in [0.1, 0.15) is 5.78 Å². The van der Waals surface area contributed by atoms with Gasteiger partial charge < -0.3 is 0 Å². The van der Waals surface area contributed by atoms with Gasteiger partial charge in [-0.15, -0.1) is 0 Å². The molecule has 0 radical (unpaired) electrons. The van der Waals surface area contributed by atoms with E-state index in [9.17, 15) is 13.6 Å². The summed E-state index contributed by atoms with van der Waals surface area (Å²) in [4.78, 5) is 10.5. The van der Waals surface area contributed by atoms with E-state index in [4.69, 9.17) is 0 Å². The lowest BCUT2D eigenvalue weighted by Gasteiger charge is -1.91. The van der Waals surface area contributed by atoms with E-state index in [0.717, 1.165) is 0 Å². The zero-order chi connectivity index (χ0) is 7.07. The van der Waals surface area contributed by atoms with E-state index in [0.29, 0.717) is 0 Å². The highest BCUT2D eigenvalue weighted by Gasteiger charge is 2.60. The smallest absolute Gasteiger partial charge is 0.258 e. The quantitative estimate of drug-likeness (QED) is 0.560. The van der Waals surface area contributed by atoms with Crippen LogP contribution in [0.2, 0.25) is 0 Å². The molecule has 1 fully saturated rings. The molecule has 1 unspecified atom stereocenters. The van der Waals surface area contributed by atoms with Crippen LogP contribution in [0.15, 0.2) is 0 Å². The molecule has 0 N–H and O–H groups in total. The molecule has 52 valence electrons. The molecule has 0 aromatic heterocycles. The van der Waals surface area contributed by atoms with Crippen molar-refractivity contribution in [3.63, 3.8) is 0 Å². The molecule has 1 rings (SSSR count). The predicted molar refractivity (Wildman–Crippen MR) is 28.4 cm³/mol. The Morgan fingerprint density at radius 2 is 2.22 bits per heavy atom. The molecule has 0 aromatic rings. The standard InChI is InChI=1S/C6H8F2O/c1-2-5(9)4-3-6(4,7)8/h4H,2-3H2,1H3. The number of hydrogen-bond acceptors (Lipinski definition) is 1. The Morgan fingerprint density at radius 3 is 2.33 bits per heavy atom. The number of hydrogen-bond donors (Lipinski definition) is 0. The topological polar surface area (TPSA) is 17.1 Å². The van der Waals surface area contributed by atoms with E-state index in [1.54, 1.807) is 6.92 Å². The molecule has 0 saturated heterocycles. The van der Waals surface area contributed by atoms with Crippen molar-refractivity contribution in [3.05, 3.63) is 0 Å². The van der Waals surface area contributed by atoms with Gasteiger partial charge in [-0.1, -0.05) is 6.92 Å². The van der Waals surface area contributed by atoms with E-state index < -0.39 is 11.8 Å². The minimum Gasteiger partial charge on any atom is -0.299 e. The van der Waals surface area contributed by atoms with Crippen molar-refractivity contribution in [3.8, 4) is 0 Å². The Labute approximate surface area is 52.1 Å². The Kier molecular flexibility index (Phi) is 1.30. The van der Waals surface area contributed by atoms with Crippen LogP contribution in [-0.2, 0) is 4.79 Å². The highest BCUT2D eigenvalue weighted by Crippen LogP contribution is 2.49. The zero-order valence-corrected chi connectivity index (χ0v) is 5.16. The fourth-order valence-electron chi connectivity index (χ4n) is 0.809. The van der Waals surface area contributed by atoms with Gasteiger partial charge in [0.05, 0.1) is 5.92 Å². The van der Waals surface area contributed by atoms with Gasteiger partial charge in [-0.05, 0) is 0 Å². The van der Waals surface area contributed by atoms with Gasteiger partial charge in [-0.3, -0.25) is 4.79 Å². The number of carbonyl (C=O) groups excluding carboxylic acids is 1. The summed E-state index contributed by atoms with van der Waals surface area (Å²) in [5, 5.41) is 0. The van der Waals surface area contributed by atoms with Crippen LogP contribution in [0, 0.1) is 5.92 Å². The van der Waals surface area contributed by atoms with E-state index in [1.807, 2.05) is 0 Å². The van der Waals surface area contributed by atoms with Gasteiger partial charge in [0.2, 0.25) is 0 Å². The van der Waals surface area contributed by atoms with Crippen LogP contribution in [-0.4, -0.2) is 11.7 Å². The summed E-state index contributed by atoms with van der Waals surface area (Å²) in [6, 6.07) is 0. The minimum absolute atomic E-state index is 0.223. The summed E-state index contributed by atoms with van der Waals surface area (Å²) < 4.78 is 24.0. The van der Waals surface area contributed by atoms with Crippen LogP contribution in [0.4, 0.5) is 8.78 Å². The molecule has 0 spiro atoms. The van der Waals surface area contributed by atoms with E-state index in [2.05, 4.69) is 0 Å². The zero-order valence-electron chi connectivity index (χ0n) is 5.16. The lowest BCUT2D eigenvalue weighted by molar-refractivity contribution is -0.122. The van der Waals surface area contributed by atoms with Crippen LogP contribution in [0.3, 0.4) is 0 Å². The average Bonchev–Trinajstić information content (AvgIpc) is 2.38. The summed E-state index contributed by atoms with van der Waals surface area (Å²) >= 11 is 0. The van der Waals surface area contributed by atoms with Gasteiger partial charge in [0.25, 0.3) is 5.92 Å². The molecule has 3 heteroatoms. The SMILES string of the molecule is CCC(=O)C1CC1(F)F. The normalized spacial score (nSPS) is 29.9. The molecule has 0 aromatic carbocycles. The molecule has 0 heterocycles. The number of alkyl halides is 2. The molecular weight excluding hydrogens is 126 g/mol. The van der Waals surface area contributed by atoms with Crippen LogP contribution < -0.4 is 0 Å². The minimum atomic E-state index is -2.66. The average molecular weight is 134 g/mol. The summed E-state index contributed by atoms with van der Waals surface area (Å²) in [5.74, 6) is -3.91. The first kappa shape index (κ1) is 6.65. The molecule has 0 bridgehead atoms. The monoisotopic (exact) mass is 134 g/mol. The first-order chi connectivity index (χ1) is 4.08. The molecule has 1 nitrogen and oxygen atoms in total. The van der Waals surface area contributed by atoms with Crippen molar-refractivity contribution in [1.82, 2.24) is 0 Å². The van der Waals surface area contributed by atoms with Crippen LogP contribution >= 0.6 is 0 Å². The second-order valence-electron chi connectivity index (χ2n) is 2.34. The fourth-order valence-corrected chi connectivity index (χ4v) is 0.809. The lowest BCUT2D eigenvalue weighted by atomic mass is 10.2. The first-order valence-electron chi connectivity index (χ1n) is 2.98. The second-order valence-corrected chi connectivity index (χ2v) is 2.34. The second kappa shape index (κ2) is 1.75. The highest BCUT2D eigenvalue weighted by atomic mass is 19.3. The van der Waals surface area contributed by atoms with Crippen molar-refractivity contribution >= 4 is 5.78 Å². The Morgan fingerprint density at radius 1 is 1.78 bits per heavy atom. The maximum atomic E-state index is 12.0. The van der Waals surface area contributed by atoms with Crippen molar-refractivity contribution < 1.29 is 13.6 Å². The molecular formula is C6H8F2O. The molecule has 9 heavy (non-hydrogen) atoms. The van der Waals surface area contributed by atoms with Gasteiger partial charge in [-0.25, -0.2) is 8.78 Å². The van der Waals surface area contributed by atoms with Crippen LogP contribution in [0.1, 0.15) is 19.8 Å². The van der Waals surface area contributed by atoms with Crippen molar-refractivity contribution in [2.24, 2.45) is 5.92 Å². The number of halogens is 2. The third-order valence-corrected chi connectivity index (χ3v) is 1.56. The number of ketones is 1. The summed E-state index contributed by atoms with van der Waals surface area (Å²) in [6.07, 6.45) is 0.0138. The van der Waals surface area contributed by atoms with Crippen molar-refractivity contribution in [1.29, 1.82) is 0 Å². The number of carbonyl (C=O) groups is 1. The maximum Gasteiger partial charge on any atom is 0.258 e. The lowest BCUT2D eigenvalue weighted by Crippen LogP contribution is -2.05. The van der Waals surface area contributed by atoms with E-state index >= 15 is 0 Å². The number of rotatable bonds is 2. The van der Waals surface area contributed by atoms with Gasteiger partial charge >= 0.3 is 0 Å². The first-order valence-corrected chi connectivity index (χ1v) is 2.98. The Bertz CT molecular complexity index is 142. The van der Waals surface area contributed by atoms with Crippen molar-refractivity contribution in [2.45, 2.75) is 25.7 Å². The summed E-state index contributed by atoms with van der Waals surface area (Å²) in [6.45, 7) is 1.61. The molecule has 0 aliphatic heterocycles. The number of Topliss-reactive ketones (excluding diaryl/α,β-unsaturated/α-hetero) is 1. The fraction of sp³-hybridized carbons (Fsp3) is 0.833. The maximum absolute atomic E-state index is 12.0. The third-order valence-electron chi connectivity index (χ3n) is 1.56. The Balaban J connectivity index is 2.42.